The molecule has 3 rings (SSSR count). The number of nitrogens with zero attached hydrogens (tertiary/aromatic N) is 3. The molecule has 0 fully saturated rings. The van der Waals surface area contributed by atoms with Crippen molar-refractivity contribution in [2.75, 3.05) is 7.11 Å². The normalized spacial score (nSPS) is 11.8. The van der Waals surface area contributed by atoms with Gasteiger partial charge >= 0.3 is 0 Å². The highest BCUT2D eigenvalue weighted by molar-refractivity contribution is 5.92. The second-order valence-corrected chi connectivity index (χ2v) is 5.95. The van der Waals surface area contributed by atoms with Crippen molar-refractivity contribution in [1.82, 2.24) is 20.3 Å². The Morgan fingerprint density at radius 1 is 1.23 bits per heavy atom. The lowest BCUT2D eigenvalue weighted by Gasteiger charge is -2.13. The zero-order valence-corrected chi connectivity index (χ0v) is 14.7. The SMILES string of the molecule is COc1ccc([C@@H](C)NC(=O)c2cn(-c3ccc(F)c(C)c3)nn2)cc1. The highest BCUT2D eigenvalue weighted by Crippen LogP contribution is 2.18. The average molecular weight is 354 g/mol. The number of hydrogen-bond donors (Lipinski definition) is 1. The van der Waals surface area contributed by atoms with E-state index in [1.165, 1.54) is 16.9 Å². The van der Waals surface area contributed by atoms with E-state index in [1.807, 2.05) is 31.2 Å². The summed E-state index contributed by atoms with van der Waals surface area (Å²) in [5.74, 6) is 0.128. The topological polar surface area (TPSA) is 69.0 Å². The maximum Gasteiger partial charge on any atom is 0.273 e. The number of ether oxygens (including phenoxy) is 1. The molecule has 0 unspecified atom stereocenters. The van der Waals surface area contributed by atoms with Crippen molar-refractivity contribution in [2.24, 2.45) is 0 Å². The first-order valence-electron chi connectivity index (χ1n) is 8.11. The number of methoxy groups -OCH3 is 1. The fraction of sp³-hybridized carbons (Fsp3) is 0.211. The molecule has 0 spiro atoms. The maximum absolute atomic E-state index is 13.4. The molecule has 0 radical (unpaired) electrons. The predicted molar refractivity (Wildman–Crippen MR) is 94.9 cm³/mol. The lowest BCUT2D eigenvalue weighted by molar-refractivity contribution is 0.0934. The van der Waals surface area contributed by atoms with E-state index in [0.29, 0.717) is 11.3 Å². The van der Waals surface area contributed by atoms with Crippen molar-refractivity contribution in [3.63, 3.8) is 0 Å². The van der Waals surface area contributed by atoms with Crippen LogP contribution in [0.15, 0.2) is 48.7 Å². The van der Waals surface area contributed by atoms with Crippen LogP contribution in [0.25, 0.3) is 5.69 Å². The molecule has 1 heterocycles. The van der Waals surface area contributed by atoms with Gasteiger partial charge in [-0.3, -0.25) is 4.79 Å². The number of aryl methyl sites for hydroxylation is 1. The summed E-state index contributed by atoms with van der Waals surface area (Å²) in [7, 11) is 1.60. The minimum absolute atomic E-state index is 0.187. The number of benzene rings is 2. The van der Waals surface area contributed by atoms with Crippen LogP contribution < -0.4 is 10.1 Å². The van der Waals surface area contributed by atoms with Crippen LogP contribution in [-0.2, 0) is 0 Å². The molecule has 1 atom stereocenters. The van der Waals surface area contributed by atoms with E-state index in [1.54, 1.807) is 26.2 Å². The zero-order chi connectivity index (χ0) is 18.7. The summed E-state index contributed by atoms with van der Waals surface area (Å²) in [6, 6.07) is 11.8. The lowest BCUT2D eigenvalue weighted by atomic mass is 10.1. The van der Waals surface area contributed by atoms with Crippen LogP contribution in [0.2, 0.25) is 0 Å². The van der Waals surface area contributed by atoms with Crippen LogP contribution in [0.1, 0.15) is 34.6 Å². The molecule has 0 saturated carbocycles. The van der Waals surface area contributed by atoms with Gasteiger partial charge in [-0.05, 0) is 55.3 Å². The number of rotatable bonds is 5. The van der Waals surface area contributed by atoms with Crippen LogP contribution in [0.4, 0.5) is 4.39 Å². The maximum atomic E-state index is 13.4. The van der Waals surface area contributed by atoms with Gasteiger partial charge in [0.05, 0.1) is 25.0 Å². The van der Waals surface area contributed by atoms with Gasteiger partial charge in [-0.25, -0.2) is 9.07 Å². The summed E-state index contributed by atoms with van der Waals surface area (Å²) in [5, 5.41) is 10.7. The molecule has 3 aromatic rings. The average Bonchev–Trinajstić information content (AvgIpc) is 3.14. The first-order valence-corrected chi connectivity index (χ1v) is 8.11. The summed E-state index contributed by atoms with van der Waals surface area (Å²) in [6.07, 6.45) is 1.52. The smallest absolute Gasteiger partial charge is 0.273 e. The number of halogens is 1. The molecule has 0 aliphatic heterocycles. The van der Waals surface area contributed by atoms with Crippen molar-refractivity contribution in [3.8, 4) is 11.4 Å². The number of aromatic nitrogens is 3. The van der Waals surface area contributed by atoms with E-state index in [-0.39, 0.29) is 23.5 Å². The highest BCUT2D eigenvalue weighted by Gasteiger charge is 2.15. The molecule has 0 aliphatic carbocycles. The molecule has 6 nitrogen and oxygen atoms in total. The largest absolute Gasteiger partial charge is 0.497 e. The van der Waals surface area contributed by atoms with Crippen LogP contribution in [0, 0.1) is 12.7 Å². The van der Waals surface area contributed by atoms with E-state index >= 15 is 0 Å². The Hall–Kier alpha value is -3.22. The number of amides is 1. The van der Waals surface area contributed by atoms with Crippen molar-refractivity contribution in [1.29, 1.82) is 0 Å². The molecular weight excluding hydrogens is 335 g/mol. The number of carbonyl (C=O) groups is 1. The van der Waals surface area contributed by atoms with Crippen LogP contribution in [0.5, 0.6) is 5.75 Å². The van der Waals surface area contributed by atoms with Crippen molar-refractivity contribution < 1.29 is 13.9 Å². The summed E-state index contributed by atoms with van der Waals surface area (Å²) >= 11 is 0. The number of hydrogen-bond acceptors (Lipinski definition) is 4. The molecule has 1 N–H and O–H groups in total. The molecule has 2 aromatic carbocycles. The quantitative estimate of drug-likeness (QED) is 0.764. The lowest BCUT2D eigenvalue weighted by Crippen LogP contribution is -2.26. The van der Waals surface area contributed by atoms with Crippen LogP contribution in [-0.4, -0.2) is 28.0 Å². The Bertz CT molecular complexity index is 922. The Balaban J connectivity index is 1.71. The standard InChI is InChI=1S/C19H19FN4O2/c1-12-10-15(6-9-17(12)20)24-11-18(22-23-24)19(25)21-13(2)14-4-7-16(26-3)8-5-14/h4-11,13H,1-3H3,(H,21,25)/t13-/m1/s1. The predicted octanol–water partition coefficient (Wildman–Crippen LogP) is 3.21. The highest BCUT2D eigenvalue weighted by atomic mass is 19.1. The van der Waals surface area contributed by atoms with Gasteiger partial charge in [0.25, 0.3) is 5.91 Å². The molecule has 0 aliphatic rings. The minimum Gasteiger partial charge on any atom is -0.497 e. The Labute approximate surface area is 150 Å². The summed E-state index contributed by atoms with van der Waals surface area (Å²) in [6.45, 7) is 3.55. The Kier molecular flexibility index (Phi) is 4.97. The van der Waals surface area contributed by atoms with Gasteiger partial charge in [0.1, 0.15) is 11.6 Å². The second kappa shape index (κ2) is 7.35. The third-order valence-corrected chi connectivity index (χ3v) is 4.10. The number of nitrogens with one attached hydrogen (secondary N) is 1. The van der Waals surface area contributed by atoms with Gasteiger partial charge in [-0.1, -0.05) is 17.3 Å². The van der Waals surface area contributed by atoms with Crippen molar-refractivity contribution in [2.45, 2.75) is 19.9 Å². The molecule has 7 heteroatoms. The fourth-order valence-electron chi connectivity index (χ4n) is 2.51. The molecule has 26 heavy (non-hydrogen) atoms. The van der Waals surface area contributed by atoms with Gasteiger partial charge in [-0.2, -0.15) is 0 Å². The zero-order valence-electron chi connectivity index (χ0n) is 14.7. The first kappa shape index (κ1) is 17.6. The van der Waals surface area contributed by atoms with E-state index in [2.05, 4.69) is 15.6 Å². The third-order valence-electron chi connectivity index (χ3n) is 4.10. The summed E-state index contributed by atoms with van der Waals surface area (Å²) in [5.41, 5.74) is 2.27. The molecule has 1 aromatic heterocycles. The van der Waals surface area contributed by atoms with Gasteiger partial charge in [0.2, 0.25) is 0 Å². The minimum atomic E-state index is -0.335. The van der Waals surface area contributed by atoms with Crippen molar-refractivity contribution >= 4 is 5.91 Å². The van der Waals surface area contributed by atoms with E-state index < -0.39 is 0 Å². The van der Waals surface area contributed by atoms with E-state index in [0.717, 1.165) is 11.3 Å². The summed E-state index contributed by atoms with van der Waals surface area (Å²) < 4.78 is 20.0. The third kappa shape index (κ3) is 3.72. The van der Waals surface area contributed by atoms with Gasteiger partial charge in [0.15, 0.2) is 5.69 Å². The van der Waals surface area contributed by atoms with Crippen LogP contribution >= 0.6 is 0 Å². The Morgan fingerprint density at radius 3 is 2.62 bits per heavy atom. The van der Waals surface area contributed by atoms with Crippen LogP contribution in [0.3, 0.4) is 0 Å². The molecular formula is C19H19FN4O2. The van der Waals surface area contributed by atoms with E-state index in [9.17, 15) is 9.18 Å². The van der Waals surface area contributed by atoms with Gasteiger partial charge in [-0.15, -0.1) is 5.10 Å². The van der Waals surface area contributed by atoms with Crippen molar-refractivity contribution in [3.05, 3.63) is 71.3 Å². The Morgan fingerprint density at radius 2 is 1.96 bits per heavy atom. The first-order chi connectivity index (χ1) is 12.5. The van der Waals surface area contributed by atoms with Gasteiger partial charge in [0, 0.05) is 0 Å². The van der Waals surface area contributed by atoms with Gasteiger partial charge < -0.3 is 10.1 Å². The van der Waals surface area contributed by atoms with E-state index in [4.69, 9.17) is 4.74 Å². The molecule has 0 saturated heterocycles. The summed E-state index contributed by atoms with van der Waals surface area (Å²) in [4.78, 5) is 12.4. The molecule has 0 bridgehead atoms. The monoisotopic (exact) mass is 354 g/mol. The molecule has 1 amide bonds. The second-order valence-electron chi connectivity index (χ2n) is 5.95. The number of carbonyl (C=O) groups excluding carboxylic acids is 1. The molecule has 134 valence electrons. The fourth-order valence-corrected chi connectivity index (χ4v) is 2.51.